The summed E-state index contributed by atoms with van der Waals surface area (Å²) in [5.41, 5.74) is 0. The van der Waals surface area contributed by atoms with Crippen LogP contribution in [0.25, 0.3) is 0 Å². The molecule has 0 aromatic rings. The largest absolute Gasteiger partial charge is 0.465 e. The Morgan fingerprint density at radius 2 is 1.85 bits per heavy atom. The summed E-state index contributed by atoms with van der Waals surface area (Å²) in [6.45, 7) is 5.05. The summed E-state index contributed by atoms with van der Waals surface area (Å²) in [5, 5.41) is 0. The normalized spacial score (nSPS) is 29.9. The first kappa shape index (κ1) is 15.0. The van der Waals surface area contributed by atoms with Crippen LogP contribution < -0.4 is 0 Å². The van der Waals surface area contributed by atoms with E-state index in [0.717, 1.165) is 19.4 Å². The van der Waals surface area contributed by atoms with Gasteiger partial charge in [-0.2, -0.15) is 0 Å². The predicted molar refractivity (Wildman–Crippen MR) is 69.8 cm³/mol. The Morgan fingerprint density at radius 3 is 2.50 bits per heavy atom. The van der Waals surface area contributed by atoms with E-state index in [4.69, 9.17) is 9.47 Å². The first-order valence-corrected chi connectivity index (χ1v) is 7.21. The van der Waals surface area contributed by atoms with Crippen molar-refractivity contribution in [3.05, 3.63) is 0 Å². The summed E-state index contributed by atoms with van der Waals surface area (Å²) >= 11 is 0. The quantitative estimate of drug-likeness (QED) is 0.549. The summed E-state index contributed by atoms with van der Waals surface area (Å²) in [7, 11) is 0. The maximum Gasteiger partial charge on any atom is 0.318 e. The van der Waals surface area contributed by atoms with Crippen molar-refractivity contribution in [2.75, 3.05) is 26.3 Å². The van der Waals surface area contributed by atoms with Crippen LogP contribution in [0.5, 0.6) is 0 Å². The molecule has 112 valence electrons. The van der Waals surface area contributed by atoms with Crippen LogP contribution in [-0.4, -0.2) is 55.0 Å². The lowest BCUT2D eigenvalue weighted by atomic mass is 9.82. The van der Waals surface area contributed by atoms with Gasteiger partial charge in [0.1, 0.15) is 11.8 Å². The lowest BCUT2D eigenvalue weighted by Crippen LogP contribution is -2.56. The van der Waals surface area contributed by atoms with Crippen molar-refractivity contribution in [1.29, 1.82) is 0 Å². The van der Waals surface area contributed by atoms with Crippen molar-refractivity contribution < 1.29 is 23.9 Å². The first-order chi connectivity index (χ1) is 9.60. The Kier molecular flexibility index (Phi) is 4.75. The van der Waals surface area contributed by atoms with E-state index in [1.807, 2.05) is 4.90 Å². The van der Waals surface area contributed by atoms with Crippen LogP contribution in [0.3, 0.4) is 0 Å². The second-order valence-corrected chi connectivity index (χ2v) is 5.14. The van der Waals surface area contributed by atoms with Gasteiger partial charge in [-0.3, -0.25) is 19.3 Å². The van der Waals surface area contributed by atoms with Crippen LogP contribution >= 0.6 is 0 Å². The number of piperidine rings is 1. The van der Waals surface area contributed by atoms with E-state index >= 15 is 0 Å². The Bertz CT molecular complexity index is 408. The van der Waals surface area contributed by atoms with E-state index in [1.165, 1.54) is 0 Å². The summed E-state index contributed by atoms with van der Waals surface area (Å²) in [4.78, 5) is 38.5. The van der Waals surface area contributed by atoms with E-state index in [1.54, 1.807) is 13.8 Å². The van der Waals surface area contributed by atoms with Crippen molar-refractivity contribution in [1.82, 2.24) is 4.90 Å². The number of nitrogens with zero attached hydrogens (tertiary/aromatic N) is 1. The molecule has 6 heteroatoms. The molecule has 3 atom stereocenters. The zero-order valence-corrected chi connectivity index (χ0v) is 12.0. The van der Waals surface area contributed by atoms with Gasteiger partial charge in [0.25, 0.3) is 0 Å². The molecule has 0 aromatic heterocycles. The SMILES string of the molecule is CCOC(=O)C1CN2CCCC2C(C(=O)OCC)C1=O. The van der Waals surface area contributed by atoms with Gasteiger partial charge in [0, 0.05) is 12.6 Å². The number of ether oxygens (including phenoxy) is 2. The van der Waals surface area contributed by atoms with Crippen LogP contribution in [0.1, 0.15) is 26.7 Å². The highest BCUT2D eigenvalue weighted by Gasteiger charge is 2.51. The molecule has 0 aromatic carbocycles. The molecular weight excluding hydrogens is 262 g/mol. The molecular formula is C14H21NO5. The minimum atomic E-state index is -0.862. The average molecular weight is 283 g/mol. The Hall–Kier alpha value is -1.43. The van der Waals surface area contributed by atoms with Gasteiger partial charge < -0.3 is 9.47 Å². The van der Waals surface area contributed by atoms with Gasteiger partial charge in [-0.1, -0.05) is 0 Å². The molecule has 0 amide bonds. The fourth-order valence-corrected chi connectivity index (χ4v) is 3.13. The number of rotatable bonds is 4. The molecule has 2 aliphatic rings. The maximum absolute atomic E-state index is 12.5. The Morgan fingerprint density at radius 1 is 1.20 bits per heavy atom. The van der Waals surface area contributed by atoms with Gasteiger partial charge in [0.15, 0.2) is 5.78 Å². The van der Waals surface area contributed by atoms with Crippen molar-refractivity contribution in [2.45, 2.75) is 32.7 Å². The van der Waals surface area contributed by atoms with Crippen LogP contribution in [0.4, 0.5) is 0 Å². The molecule has 3 unspecified atom stereocenters. The van der Waals surface area contributed by atoms with E-state index in [-0.39, 0.29) is 25.0 Å². The van der Waals surface area contributed by atoms with Crippen molar-refractivity contribution in [3.63, 3.8) is 0 Å². The van der Waals surface area contributed by atoms with Gasteiger partial charge in [0.05, 0.1) is 13.2 Å². The molecule has 0 radical (unpaired) electrons. The lowest BCUT2D eigenvalue weighted by molar-refractivity contribution is -0.164. The number of fused-ring (bicyclic) bond motifs is 1. The van der Waals surface area contributed by atoms with Crippen LogP contribution in [0.2, 0.25) is 0 Å². The van der Waals surface area contributed by atoms with Gasteiger partial charge in [-0.15, -0.1) is 0 Å². The minimum Gasteiger partial charge on any atom is -0.465 e. The van der Waals surface area contributed by atoms with Crippen LogP contribution in [0, 0.1) is 11.8 Å². The molecule has 2 heterocycles. The van der Waals surface area contributed by atoms with Crippen molar-refractivity contribution in [3.8, 4) is 0 Å². The third-order valence-electron chi connectivity index (χ3n) is 3.98. The molecule has 6 nitrogen and oxygen atoms in total. The third-order valence-corrected chi connectivity index (χ3v) is 3.98. The average Bonchev–Trinajstić information content (AvgIpc) is 2.86. The highest BCUT2D eigenvalue weighted by atomic mass is 16.5. The number of esters is 2. The molecule has 2 saturated heterocycles. The second-order valence-electron chi connectivity index (χ2n) is 5.14. The Labute approximate surface area is 118 Å². The van der Waals surface area contributed by atoms with E-state index in [2.05, 4.69) is 0 Å². The molecule has 0 spiro atoms. The van der Waals surface area contributed by atoms with Gasteiger partial charge >= 0.3 is 11.9 Å². The number of ketones is 1. The number of hydrogen-bond acceptors (Lipinski definition) is 6. The standard InChI is InChI=1S/C14H21NO5/c1-3-19-13(17)9-8-15-7-5-6-10(15)11(12(9)16)14(18)20-4-2/h9-11H,3-8H2,1-2H3. The highest BCUT2D eigenvalue weighted by Crippen LogP contribution is 2.33. The van der Waals surface area contributed by atoms with Gasteiger partial charge in [-0.25, -0.2) is 0 Å². The van der Waals surface area contributed by atoms with Crippen molar-refractivity contribution in [2.24, 2.45) is 11.8 Å². The van der Waals surface area contributed by atoms with Crippen LogP contribution in [-0.2, 0) is 23.9 Å². The summed E-state index contributed by atoms with van der Waals surface area (Å²) < 4.78 is 9.96. The molecule has 0 N–H and O–H groups in total. The number of carbonyl (C=O) groups is 3. The van der Waals surface area contributed by atoms with Gasteiger partial charge in [0.2, 0.25) is 0 Å². The number of Topliss-reactive ketones (excluding diaryl/α,β-unsaturated/α-hetero) is 1. The fraction of sp³-hybridized carbons (Fsp3) is 0.786. The molecule has 20 heavy (non-hydrogen) atoms. The smallest absolute Gasteiger partial charge is 0.318 e. The van der Waals surface area contributed by atoms with Crippen molar-refractivity contribution >= 4 is 17.7 Å². The molecule has 0 bridgehead atoms. The summed E-state index contributed by atoms with van der Waals surface area (Å²) in [5.74, 6) is -3.09. The Balaban J connectivity index is 2.20. The van der Waals surface area contributed by atoms with E-state index in [9.17, 15) is 14.4 Å². The van der Waals surface area contributed by atoms with Gasteiger partial charge in [-0.05, 0) is 33.2 Å². The second kappa shape index (κ2) is 6.35. The monoisotopic (exact) mass is 283 g/mol. The molecule has 2 aliphatic heterocycles. The number of carbonyl (C=O) groups excluding carboxylic acids is 3. The predicted octanol–water partition coefficient (Wildman–Crippen LogP) is 0.392. The van der Waals surface area contributed by atoms with E-state index < -0.39 is 23.8 Å². The zero-order valence-electron chi connectivity index (χ0n) is 12.0. The molecule has 2 fully saturated rings. The maximum atomic E-state index is 12.5. The topological polar surface area (TPSA) is 72.9 Å². The van der Waals surface area contributed by atoms with Crippen LogP contribution in [0.15, 0.2) is 0 Å². The summed E-state index contributed by atoms with van der Waals surface area (Å²) in [6.07, 6.45) is 1.73. The summed E-state index contributed by atoms with van der Waals surface area (Å²) in [6, 6.07) is -0.118. The zero-order chi connectivity index (χ0) is 14.7. The minimum absolute atomic E-state index is 0.118. The van der Waals surface area contributed by atoms with E-state index in [0.29, 0.717) is 6.54 Å². The third kappa shape index (κ3) is 2.70. The fourth-order valence-electron chi connectivity index (χ4n) is 3.13. The molecule has 0 saturated carbocycles. The number of hydrogen-bond donors (Lipinski definition) is 0. The molecule has 0 aliphatic carbocycles. The highest BCUT2D eigenvalue weighted by molar-refractivity contribution is 6.09. The first-order valence-electron chi connectivity index (χ1n) is 7.21. The lowest BCUT2D eigenvalue weighted by Gasteiger charge is -2.37. The molecule has 2 rings (SSSR count).